The van der Waals surface area contributed by atoms with Crippen molar-refractivity contribution in [1.29, 1.82) is 0 Å². The number of amidine groups is 1. The minimum atomic E-state index is -0.547. The summed E-state index contributed by atoms with van der Waals surface area (Å²) in [7, 11) is 5.24. The van der Waals surface area contributed by atoms with Crippen LogP contribution in [-0.2, 0) is 14.3 Å². The van der Waals surface area contributed by atoms with E-state index in [2.05, 4.69) is 11.9 Å². The van der Waals surface area contributed by atoms with E-state index >= 15 is 0 Å². The largest absolute Gasteiger partial charge is 0.497 e. The van der Waals surface area contributed by atoms with Gasteiger partial charge in [0.05, 0.1) is 44.1 Å². The molecule has 3 aliphatic heterocycles. The van der Waals surface area contributed by atoms with Crippen molar-refractivity contribution in [3.05, 3.63) is 46.1 Å². The molecule has 1 fully saturated rings. The normalized spacial score (nSPS) is 20.2. The maximum absolute atomic E-state index is 13.4. The second-order valence-electron chi connectivity index (χ2n) is 9.35. The number of ether oxygens (including phenoxy) is 3. The monoisotopic (exact) mass is 514 g/mol. The molecule has 0 spiro atoms. The molecule has 194 valence electrons. The maximum Gasteiger partial charge on any atom is 0.338 e. The first kappa shape index (κ1) is 26.1. The molecule has 9 nitrogen and oxygen atoms in total. The van der Waals surface area contributed by atoms with Gasteiger partial charge in [-0.15, -0.1) is 0 Å². The summed E-state index contributed by atoms with van der Waals surface area (Å²) in [5.74, 6) is 0.844. The van der Waals surface area contributed by atoms with Gasteiger partial charge in [0.15, 0.2) is 5.17 Å². The summed E-state index contributed by atoms with van der Waals surface area (Å²) in [6.07, 6.45) is -0.0655. The molecule has 1 aromatic rings. The number of thioether (sulfide) groups is 1. The van der Waals surface area contributed by atoms with E-state index < -0.39 is 12.0 Å². The molecule has 0 unspecified atom stereocenters. The lowest BCUT2D eigenvalue weighted by Gasteiger charge is -2.37. The molecule has 1 aromatic carbocycles. The van der Waals surface area contributed by atoms with E-state index in [1.807, 2.05) is 48.1 Å². The van der Waals surface area contributed by atoms with Crippen molar-refractivity contribution in [3.63, 3.8) is 0 Å². The molecule has 10 heteroatoms. The van der Waals surface area contributed by atoms with Crippen LogP contribution < -0.4 is 9.47 Å². The van der Waals surface area contributed by atoms with E-state index in [1.54, 1.807) is 20.3 Å². The molecule has 3 heterocycles. The fraction of sp³-hybridized carbons (Fsp3) is 0.500. The van der Waals surface area contributed by atoms with Crippen LogP contribution in [0.2, 0.25) is 0 Å². The van der Waals surface area contributed by atoms with E-state index in [0.717, 1.165) is 29.5 Å². The summed E-state index contributed by atoms with van der Waals surface area (Å²) >= 11 is 1.46. The lowest BCUT2D eigenvalue weighted by Crippen LogP contribution is -2.47. The van der Waals surface area contributed by atoms with Crippen LogP contribution in [0.3, 0.4) is 0 Å². The number of likely N-dealkylation sites (N-methyl/N-ethyl adjacent to an activating group) is 1. The number of benzene rings is 1. The van der Waals surface area contributed by atoms with Gasteiger partial charge < -0.3 is 28.9 Å². The molecular weight excluding hydrogens is 480 g/mol. The second-order valence-corrected chi connectivity index (χ2v) is 10.2. The quantitative estimate of drug-likeness (QED) is 0.512. The van der Waals surface area contributed by atoms with Crippen LogP contribution in [0.1, 0.15) is 38.8 Å². The number of esters is 1. The molecule has 1 amide bonds. The van der Waals surface area contributed by atoms with Crippen molar-refractivity contribution in [2.24, 2.45) is 4.99 Å². The summed E-state index contributed by atoms with van der Waals surface area (Å²) in [6.45, 7) is 8.59. The number of nitrogens with zero attached hydrogens (tertiary/aromatic N) is 4. The molecule has 0 aliphatic carbocycles. The molecule has 36 heavy (non-hydrogen) atoms. The van der Waals surface area contributed by atoms with Gasteiger partial charge >= 0.3 is 5.97 Å². The Morgan fingerprint density at radius 2 is 1.72 bits per heavy atom. The number of allylic oxidation sites excluding steroid dienone is 1. The zero-order valence-corrected chi connectivity index (χ0v) is 22.6. The number of aliphatic imine (C=N–C) groups is 1. The van der Waals surface area contributed by atoms with Crippen LogP contribution >= 0.6 is 11.8 Å². The first-order valence-electron chi connectivity index (χ1n) is 12.1. The average molecular weight is 515 g/mol. The lowest BCUT2D eigenvalue weighted by molar-refractivity contribution is -0.143. The molecular formula is C26H34N4O5S. The molecule has 3 aliphatic rings. The Kier molecular flexibility index (Phi) is 7.94. The van der Waals surface area contributed by atoms with Crippen LogP contribution in [-0.4, -0.2) is 85.3 Å². The number of carbonyl (C=O) groups is 2. The van der Waals surface area contributed by atoms with Crippen LogP contribution in [0.25, 0.3) is 0 Å². The van der Waals surface area contributed by atoms with Crippen LogP contribution in [0.4, 0.5) is 0 Å². The summed E-state index contributed by atoms with van der Waals surface area (Å²) < 4.78 is 16.7. The third-order valence-corrected chi connectivity index (χ3v) is 7.33. The number of rotatable bonds is 7. The van der Waals surface area contributed by atoms with Gasteiger partial charge in [-0.25, -0.2) is 9.79 Å². The van der Waals surface area contributed by atoms with Crippen molar-refractivity contribution in [3.8, 4) is 11.5 Å². The van der Waals surface area contributed by atoms with Gasteiger partial charge in [-0.2, -0.15) is 0 Å². The van der Waals surface area contributed by atoms with Crippen molar-refractivity contribution >= 4 is 28.8 Å². The van der Waals surface area contributed by atoms with E-state index in [-0.39, 0.29) is 18.4 Å². The molecule has 0 aromatic heterocycles. The Morgan fingerprint density at radius 3 is 2.31 bits per heavy atom. The minimum Gasteiger partial charge on any atom is -0.497 e. The summed E-state index contributed by atoms with van der Waals surface area (Å²) in [5, 5.41) is 2.68. The number of fused-ring (bicyclic) bond motifs is 1. The van der Waals surface area contributed by atoms with Gasteiger partial charge in [-0.1, -0.05) is 11.8 Å². The highest BCUT2D eigenvalue weighted by molar-refractivity contribution is 8.16. The Bertz CT molecular complexity index is 1100. The Balaban J connectivity index is 1.73. The number of methoxy groups -OCH3 is 2. The number of piperazine rings is 1. The third-order valence-electron chi connectivity index (χ3n) is 6.44. The van der Waals surface area contributed by atoms with Crippen molar-refractivity contribution in [2.45, 2.75) is 39.3 Å². The Morgan fingerprint density at radius 1 is 1.08 bits per heavy atom. The smallest absolute Gasteiger partial charge is 0.338 e. The van der Waals surface area contributed by atoms with Crippen LogP contribution in [0.5, 0.6) is 11.5 Å². The van der Waals surface area contributed by atoms with Gasteiger partial charge in [0.25, 0.3) is 0 Å². The van der Waals surface area contributed by atoms with E-state index in [0.29, 0.717) is 35.9 Å². The Labute approximate surface area is 216 Å². The van der Waals surface area contributed by atoms with Crippen LogP contribution in [0.15, 0.2) is 45.6 Å². The molecule has 4 rings (SSSR count). The highest BCUT2D eigenvalue weighted by Gasteiger charge is 2.42. The van der Waals surface area contributed by atoms with Crippen molar-refractivity contribution in [2.75, 3.05) is 47.4 Å². The van der Waals surface area contributed by atoms with Gasteiger partial charge in [0, 0.05) is 37.9 Å². The van der Waals surface area contributed by atoms with E-state index in [9.17, 15) is 9.59 Å². The summed E-state index contributed by atoms with van der Waals surface area (Å²) in [4.78, 5) is 37.5. The second kappa shape index (κ2) is 11.0. The fourth-order valence-corrected chi connectivity index (χ4v) is 5.50. The lowest BCUT2D eigenvalue weighted by atomic mass is 9.93. The zero-order valence-electron chi connectivity index (χ0n) is 21.7. The molecule has 1 saturated heterocycles. The maximum atomic E-state index is 13.4. The number of hydrogen-bond acceptors (Lipinski definition) is 9. The van der Waals surface area contributed by atoms with E-state index in [4.69, 9.17) is 19.2 Å². The predicted molar refractivity (Wildman–Crippen MR) is 140 cm³/mol. The topological polar surface area (TPSA) is 83.9 Å². The van der Waals surface area contributed by atoms with Gasteiger partial charge in [0.2, 0.25) is 5.91 Å². The molecule has 0 radical (unpaired) electrons. The highest BCUT2D eigenvalue weighted by Crippen LogP contribution is 2.46. The van der Waals surface area contributed by atoms with Crippen molar-refractivity contribution in [1.82, 2.24) is 14.7 Å². The fourth-order valence-electron chi connectivity index (χ4n) is 4.53. The Hall–Kier alpha value is -2.98. The summed E-state index contributed by atoms with van der Waals surface area (Å²) in [6, 6.07) is 5.01. The number of amides is 1. The van der Waals surface area contributed by atoms with Crippen LogP contribution in [0, 0.1) is 0 Å². The molecule has 1 atom stereocenters. The zero-order chi connectivity index (χ0) is 26.0. The minimum absolute atomic E-state index is 0.0655. The highest BCUT2D eigenvalue weighted by atomic mass is 32.2. The molecule has 0 N–H and O–H groups in total. The standard InChI is InChI=1S/C26H34N4O5S/c1-16(2)35-25(32)23-17(3)27-26-30(24(23)18-11-20(33-5)14-21(12-18)34-6)19(15-36-26)13-22(31)29-9-7-28(4)8-10-29/h11-12,14-16,24H,7-10,13H2,1-6H3/t24-/m0/s1. The van der Waals surface area contributed by atoms with Gasteiger partial charge in [-0.3, -0.25) is 4.79 Å². The van der Waals surface area contributed by atoms with Gasteiger partial charge in [0.1, 0.15) is 11.5 Å². The summed E-state index contributed by atoms with van der Waals surface area (Å²) in [5.41, 5.74) is 2.61. The van der Waals surface area contributed by atoms with E-state index in [1.165, 1.54) is 11.8 Å². The number of carbonyl (C=O) groups excluding carboxylic acids is 2. The first-order chi connectivity index (χ1) is 17.2. The average Bonchev–Trinajstić information content (AvgIpc) is 3.24. The molecule has 0 saturated carbocycles. The predicted octanol–water partition coefficient (Wildman–Crippen LogP) is 3.39. The third kappa shape index (κ3) is 5.39. The first-order valence-corrected chi connectivity index (χ1v) is 12.9. The molecule has 0 bridgehead atoms. The van der Waals surface area contributed by atoms with Gasteiger partial charge in [-0.05, 0) is 50.9 Å². The van der Waals surface area contributed by atoms with Crippen molar-refractivity contribution < 1.29 is 23.8 Å². The SMILES string of the molecule is COc1cc(OC)cc([C@H]2C(C(=O)OC(C)C)=C(C)N=C3SC=C(CC(=O)N4CCN(C)CC4)N32)c1. The number of hydrogen-bond donors (Lipinski definition) is 0.